The molecule has 0 aromatic heterocycles. The molecule has 1 fully saturated rings. The minimum absolute atomic E-state index is 0.0156. The van der Waals surface area contributed by atoms with Crippen LogP contribution in [0, 0.1) is 12.8 Å². The molecule has 0 aromatic carbocycles. The molecule has 1 aliphatic carbocycles. The maximum Gasteiger partial charge on any atom is 0.309 e. The summed E-state index contributed by atoms with van der Waals surface area (Å²) in [5.41, 5.74) is 0. The van der Waals surface area contributed by atoms with E-state index >= 15 is 0 Å². The molecule has 0 bridgehead atoms. The third kappa shape index (κ3) is 3.69. The van der Waals surface area contributed by atoms with Gasteiger partial charge in [0.2, 0.25) is 0 Å². The zero-order valence-electron chi connectivity index (χ0n) is 9.13. The van der Waals surface area contributed by atoms with Gasteiger partial charge < -0.3 is 4.74 Å². The highest BCUT2D eigenvalue weighted by atomic mass is 16.5. The van der Waals surface area contributed by atoms with Gasteiger partial charge in [-0.3, -0.25) is 4.79 Å². The monoisotopic (exact) mass is 197 g/mol. The normalized spacial score (nSPS) is 20.4. The Bertz CT molecular complexity index is 171. The van der Waals surface area contributed by atoms with Gasteiger partial charge in [-0.2, -0.15) is 0 Å². The summed E-state index contributed by atoms with van der Waals surface area (Å²) in [6.07, 6.45) is 7.39. The van der Waals surface area contributed by atoms with Crippen LogP contribution in [-0.2, 0) is 9.53 Å². The average Bonchev–Trinajstić information content (AvgIpc) is 2.19. The maximum atomic E-state index is 11.6. The second-order valence-electron chi connectivity index (χ2n) is 4.18. The standard InChI is InChI=1S/C12H21O2/c1-3-7-10(2)14-12(13)11-8-5-4-6-9-11/h10-11H,2-9H2,1H3. The lowest BCUT2D eigenvalue weighted by molar-refractivity contribution is -0.153. The first kappa shape index (κ1) is 11.5. The SMILES string of the molecule is [CH2]C(CCC)OC(=O)C1CCCCC1. The van der Waals surface area contributed by atoms with Crippen LogP contribution in [0.2, 0.25) is 0 Å². The molecule has 0 saturated heterocycles. The summed E-state index contributed by atoms with van der Waals surface area (Å²) in [4.78, 5) is 11.6. The van der Waals surface area contributed by atoms with E-state index in [1.807, 2.05) is 0 Å². The number of carbonyl (C=O) groups is 1. The van der Waals surface area contributed by atoms with Crippen molar-refractivity contribution in [1.29, 1.82) is 0 Å². The molecular formula is C12H21O2. The summed E-state index contributed by atoms with van der Waals surface area (Å²) in [6.45, 7) is 5.90. The van der Waals surface area contributed by atoms with Crippen molar-refractivity contribution >= 4 is 5.97 Å². The van der Waals surface area contributed by atoms with Crippen LogP contribution in [-0.4, -0.2) is 12.1 Å². The highest BCUT2D eigenvalue weighted by Crippen LogP contribution is 2.25. The van der Waals surface area contributed by atoms with E-state index in [2.05, 4.69) is 13.8 Å². The molecule has 14 heavy (non-hydrogen) atoms. The average molecular weight is 197 g/mol. The number of esters is 1. The Labute approximate surface area is 87.0 Å². The van der Waals surface area contributed by atoms with Gasteiger partial charge in [-0.1, -0.05) is 32.6 Å². The van der Waals surface area contributed by atoms with E-state index in [0.717, 1.165) is 25.7 Å². The first-order valence-corrected chi connectivity index (χ1v) is 5.77. The van der Waals surface area contributed by atoms with Crippen LogP contribution in [0.25, 0.3) is 0 Å². The first-order chi connectivity index (χ1) is 6.74. The van der Waals surface area contributed by atoms with Crippen molar-refractivity contribution in [3.63, 3.8) is 0 Å². The van der Waals surface area contributed by atoms with Crippen LogP contribution < -0.4 is 0 Å². The Morgan fingerprint density at radius 3 is 2.64 bits per heavy atom. The van der Waals surface area contributed by atoms with Gasteiger partial charge in [-0.05, 0) is 26.2 Å². The number of hydrogen-bond donors (Lipinski definition) is 0. The molecule has 1 atom stereocenters. The quantitative estimate of drug-likeness (QED) is 0.647. The van der Waals surface area contributed by atoms with Gasteiger partial charge in [-0.25, -0.2) is 0 Å². The van der Waals surface area contributed by atoms with Gasteiger partial charge in [0.1, 0.15) is 6.10 Å². The van der Waals surface area contributed by atoms with Gasteiger partial charge in [0.05, 0.1) is 5.92 Å². The van der Waals surface area contributed by atoms with E-state index in [4.69, 9.17) is 4.74 Å². The summed E-state index contributed by atoms with van der Waals surface area (Å²) in [6, 6.07) is 0. The molecule has 0 spiro atoms. The van der Waals surface area contributed by atoms with E-state index < -0.39 is 0 Å². The highest BCUT2D eigenvalue weighted by Gasteiger charge is 2.23. The summed E-state index contributed by atoms with van der Waals surface area (Å²) in [5, 5.41) is 0. The molecule has 1 aliphatic rings. The highest BCUT2D eigenvalue weighted by molar-refractivity contribution is 5.72. The lowest BCUT2D eigenvalue weighted by Gasteiger charge is -2.22. The second kappa shape index (κ2) is 6.05. The van der Waals surface area contributed by atoms with E-state index in [1.54, 1.807) is 0 Å². The number of ether oxygens (including phenoxy) is 1. The molecule has 1 saturated carbocycles. The summed E-state index contributed by atoms with van der Waals surface area (Å²) >= 11 is 0. The molecule has 1 radical (unpaired) electrons. The molecular weight excluding hydrogens is 176 g/mol. The van der Waals surface area contributed by atoms with Crippen LogP contribution in [0.1, 0.15) is 51.9 Å². The zero-order chi connectivity index (χ0) is 10.4. The number of rotatable bonds is 4. The van der Waals surface area contributed by atoms with Crippen molar-refractivity contribution in [3.05, 3.63) is 6.92 Å². The van der Waals surface area contributed by atoms with Gasteiger partial charge in [-0.15, -0.1) is 0 Å². The molecule has 1 rings (SSSR count). The van der Waals surface area contributed by atoms with Crippen molar-refractivity contribution in [2.24, 2.45) is 5.92 Å². The molecule has 2 heteroatoms. The third-order valence-corrected chi connectivity index (χ3v) is 2.83. The number of hydrogen-bond acceptors (Lipinski definition) is 2. The molecule has 0 amide bonds. The van der Waals surface area contributed by atoms with Crippen molar-refractivity contribution in [2.75, 3.05) is 0 Å². The summed E-state index contributed by atoms with van der Waals surface area (Å²) in [7, 11) is 0. The Morgan fingerprint density at radius 1 is 1.43 bits per heavy atom. The van der Waals surface area contributed by atoms with Gasteiger partial charge in [0, 0.05) is 0 Å². The van der Waals surface area contributed by atoms with Crippen LogP contribution in [0.4, 0.5) is 0 Å². The fourth-order valence-corrected chi connectivity index (χ4v) is 1.98. The van der Waals surface area contributed by atoms with E-state index in [-0.39, 0.29) is 18.0 Å². The van der Waals surface area contributed by atoms with Crippen molar-refractivity contribution in [1.82, 2.24) is 0 Å². The smallest absolute Gasteiger partial charge is 0.309 e. The molecule has 0 N–H and O–H groups in total. The molecule has 81 valence electrons. The van der Waals surface area contributed by atoms with Crippen LogP contribution in [0.3, 0.4) is 0 Å². The predicted molar refractivity (Wildman–Crippen MR) is 56.7 cm³/mol. The first-order valence-electron chi connectivity index (χ1n) is 5.77. The number of carbonyl (C=O) groups excluding carboxylic acids is 1. The van der Waals surface area contributed by atoms with E-state index in [1.165, 1.54) is 19.3 Å². The molecule has 0 aromatic rings. The Balaban J connectivity index is 2.25. The predicted octanol–water partition coefficient (Wildman–Crippen LogP) is 3.11. The Hall–Kier alpha value is -0.530. The second-order valence-corrected chi connectivity index (χ2v) is 4.18. The summed E-state index contributed by atoms with van der Waals surface area (Å²) in [5.74, 6) is 0.142. The van der Waals surface area contributed by atoms with Crippen LogP contribution in [0.5, 0.6) is 0 Å². The van der Waals surface area contributed by atoms with E-state index in [9.17, 15) is 4.79 Å². The Kier molecular flexibility index (Phi) is 4.99. The Morgan fingerprint density at radius 2 is 2.07 bits per heavy atom. The van der Waals surface area contributed by atoms with Gasteiger partial charge >= 0.3 is 5.97 Å². The molecule has 0 heterocycles. The minimum Gasteiger partial charge on any atom is -0.462 e. The van der Waals surface area contributed by atoms with E-state index in [0.29, 0.717) is 0 Å². The van der Waals surface area contributed by atoms with Crippen molar-refractivity contribution < 1.29 is 9.53 Å². The van der Waals surface area contributed by atoms with Crippen LogP contribution in [0.15, 0.2) is 0 Å². The molecule has 0 aliphatic heterocycles. The topological polar surface area (TPSA) is 26.3 Å². The lowest BCUT2D eigenvalue weighted by Crippen LogP contribution is -2.24. The summed E-state index contributed by atoms with van der Waals surface area (Å²) < 4.78 is 5.28. The van der Waals surface area contributed by atoms with Crippen molar-refractivity contribution in [3.8, 4) is 0 Å². The minimum atomic E-state index is -0.144. The van der Waals surface area contributed by atoms with Crippen LogP contribution >= 0.6 is 0 Å². The zero-order valence-corrected chi connectivity index (χ0v) is 9.13. The van der Waals surface area contributed by atoms with Gasteiger partial charge in [0.15, 0.2) is 0 Å². The lowest BCUT2D eigenvalue weighted by atomic mass is 9.89. The largest absolute Gasteiger partial charge is 0.462 e. The fraction of sp³-hybridized carbons (Fsp3) is 0.833. The molecule has 1 unspecified atom stereocenters. The fourth-order valence-electron chi connectivity index (χ4n) is 1.98. The third-order valence-electron chi connectivity index (χ3n) is 2.83. The molecule has 2 nitrogen and oxygen atoms in total. The maximum absolute atomic E-state index is 11.6. The van der Waals surface area contributed by atoms with Crippen molar-refractivity contribution in [2.45, 2.75) is 58.0 Å². The van der Waals surface area contributed by atoms with Gasteiger partial charge in [0.25, 0.3) is 0 Å².